The molecule has 0 radical (unpaired) electrons. The molecule has 42 heavy (non-hydrogen) atoms. The predicted molar refractivity (Wildman–Crippen MR) is 161 cm³/mol. The van der Waals surface area contributed by atoms with E-state index in [1.54, 1.807) is 26.2 Å². The number of benzene rings is 2. The molecular formula is C32H44N4O6. The molecule has 1 fully saturated rings. The maximum Gasteiger partial charge on any atom is 0.262 e. The summed E-state index contributed by atoms with van der Waals surface area (Å²) in [6, 6.07) is 12.7. The van der Waals surface area contributed by atoms with E-state index in [2.05, 4.69) is 4.90 Å². The number of carbonyl (C=O) groups excluding carboxylic acids is 2. The number of nitrogens with zero attached hydrogens (tertiary/aromatic N) is 4. The highest BCUT2D eigenvalue weighted by Crippen LogP contribution is 2.39. The Morgan fingerprint density at radius 3 is 2.26 bits per heavy atom. The van der Waals surface area contributed by atoms with Gasteiger partial charge in [-0.25, -0.2) is 5.01 Å². The zero-order chi connectivity index (χ0) is 30.3. The van der Waals surface area contributed by atoms with Crippen LogP contribution in [0.25, 0.3) is 0 Å². The summed E-state index contributed by atoms with van der Waals surface area (Å²) in [6.45, 7) is 10.1. The highest BCUT2D eigenvalue weighted by atomic mass is 16.5. The smallest absolute Gasteiger partial charge is 0.262 e. The zero-order valence-corrected chi connectivity index (χ0v) is 25.7. The van der Waals surface area contributed by atoms with Crippen LogP contribution in [-0.2, 0) is 14.3 Å². The molecule has 1 saturated heterocycles. The zero-order valence-electron chi connectivity index (χ0n) is 25.7. The third-order valence-corrected chi connectivity index (χ3v) is 7.54. The molecule has 10 nitrogen and oxygen atoms in total. The molecule has 2 aromatic rings. The molecular weight excluding hydrogens is 536 g/mol. The summed E-state index contributed by atoms with van der Waals surface area (Å²) in [6.07, 6.45) is 0.822. The Morgan fingerprint density at radius 1 is 0.976 bits per heavy atom. The van der Waals surface area contributed by atoms with Crippen molar-refractivity contribution in [3.8, 4) is 17.2 Å². The Morgan fingerprint density at radius 2 is 1.64 bits per heavy atom. The molecule has 2 amide bonds. The number of hydrogen-bond donors (Lipinski definition) is 0. The fourth-order valence-electron chi connectivity index (χ4n) is 5.22. The van der Waals surface area contributed by atoms with Gasteiger partial charge < -0.3 is 23.8 Å². The van der Waals surface area contributed by atoms with Crippen LogP contribution in [0, 0.1) is 5.41 Å². The van der Waals surface area contributed by atoms with Crippen molar-refractivity contribution in [1.82, 2.24) is 14.8 Å². The van der Waals surface area contributed by atoms with Crippen molar-refractivity contribution >= 4 is 17.5 Å². The van der Waals surface area contributed by atoms with E-state index < -0.39 is 6.04 Å². The molecule has 228 valence electrons. The third-order valence-electron chi connectivity index (χ3n) is 7.54. The van der Waals surface area contributed by atoms with Crippen molar-refractivity contribution in [2.45, 2.75) is 39.7 Å². The standard InChI is InChI=1S/C32H44N4O6/c1-32(2,3)21-30(37)35(14-13-34-15-17-42-18-16-34)22-31(38)36-28(26-19-25(40-5)11-12-29(26)41-6)20-27(33-36)23-7-9-24(39-4)10-8-23/h7-12,19,28H,13-18,20-22H2,1-6H3. The largest absolute Gasteiger partial charge is 0.497 e. The number of amides is 2. The molecule has 0 bridgehead atoms. The third kappa shape index (κ3) is 8.01. The molecule has 2 aliphatic heterocycles. The van der Waals surface area contributed by atoms with Gasteiger partial charge in [-0.2, -0.15) is 5.10 Å². The van der Waals surface area contributed by atoms with E-state index in [0.29, 0.717) is 50.6 Å². The normalized spacial score (nSPS) is 17.5. The highest BCUT2D eigenvalue weighted by Gasteiger charge is 2.36. The molecule has 1 atom stereocenters. The van der Waals surface area contributed by atoms with E-state index in [1.165, 1.54) is 5.01 Å². The van der Waals surface area contributed by atoms with Crippen molar-refractivity contribution in [1.29, 1.82) is 0 Å². The second-order valence-corrected chi connectivity index (χ2v) is 11.8. The Balaban J connectivity index is 1.64. The van der Waals surface area contributed by atoms with Gasteiger partial charge in [0.2, 0.25) is 5.91 Å². The summed E-state index contributed by atoms with van der Waals surface area (Å²) in [7, 11) is 4.84. The van der Waals surface area contributed by atoms with Crippen molar-refractivity contribution in [2.24, 2.45) is 10.5 Å². The lowest BCUT2D eigenvalue weighted by Crippen LogP contribution is -2.47. The summed E-state index contributed by atoms with van der Waals surface area (Å²) >= 11 is 0. The summed E-state index contributed by atoms with van der Waals surface area (Å²) in [5.41, 5.74) is 2.24. The Labute approximate surface area is 249 Å². The van der Waals surface area contributed by atoms with Gasteiger partial charge in [-0.15, -0.1) is 0 Å². The second kappa shape index (κ2) is 14.0. The molecule has 0 aliphatic carbocycles. The molecule has 0 N–H and O–H groups in total. The van der Waals surface area contributed by atoms with E-state index in [-0.39, 0.29) is 23.8 Å². The van der Waals surface area contributed by atoms with Gasteiger partial charge >= 0.3 is 0 Å². The van der Waals surface area contributed by atoms with Crippen LogP contribution in [0.15, 0.2) is 47.6 Å². The van der Waals surface area contributed by atoms with Crippen molar-refractivity contribution in [3.63, 3.8) is 0 Å². The lowest BCUT2D eigenvalue weighted by molar-refractivity contribution is -0.142. The minimum atomic E-state index is -0.432. The van der Waals surface area contributed by atoms with Gasteiger partial charge in [-0.3, -0.25) is 14.5 Å². The Hall–Kier alpha value is -3.63. The van der Waals surface area contributed by atoms with E-state index in [1.807, 2.05) is 63.2 Å². The van der Waals surface area contributed by atoms with Crippen LogP contribution in [0.3, 0.4) is 0 Å². The number of hydrogen-bond acceptors (Lipinski definition) is 8. The van der Waals surface area contributed by atoms with Crippen molar-refractivity contribution in [2.75, 3.05) is 67.3 Å². The first-order valence-electron chi connectivity index (χ1n) is 14.5. The number of carbonyl (C=O) groups is 2. The van der Waals surface area contributed by atoms with Crippen LogP contribution in [0.5, 0.6) is 17.2 Å². The van der Waals surface area contributed by atoms with Crippen LogP contribution in [0.1, 0.15) is 50.8 Å². The van der Waals surface area contributed by atoms with Gasteiger partial charge in [0.1, 0.15) is 23.8 Å². The van der Waals surface area contributed by atoms with E-state index in [4.69, 9.17) is 24.0 Å². The topological polar surface area (TPSA) is 93.1 Å². The first-order valence-corrected chi connectivity index (χ1v) is 14.5. The second-order valence-electron chi connectivity index (χ2n) is 11.8. The molecule has 2 aromatic carbocycles. The van der Waals surface area contributed by atoms with E-state index in [0.717, 1.165) is 35.7 Å². The van der Waals surface area contributed by atoms with Crippen LogP contribution >= 0.6 is 0 Å². The van der Waals surface area contributed by atoms with Crippen LogP contribution < -0.4 is 14.2 Å². The number of ether oxygens (including phenoxy) is 4. The maximum absolute atomic E-state index is 14.1. The summed E-state index contributed by atoms with van der Waals surface area (Å²) in [5, 5.41) is 6.35. The molecule has 2 heterocycles. The minimum absolute atomic E-state index is 0.0434. The highest BCUT2D eigenvalue weighted by molar-refractivity contribution is 6.03. The average molecular weight is 581 g/mol. The monoisotopic (exact) mass is 580 g/mol. The van der Waals surface area contributed by atoms with Crippen LogP contribution in [-0.4, -0.2) is 99.6 Å². The first kappa shape index (κ1) is 31.3. The molecule has 0 aromatic heterocycles. The van der Waals surface area contributed by atoms with Crippen LogP contribution in [0.2, 0.25) is 0 Å². The lowest BCUT2D eigenvalue weighted by atomic mass is 9.91. The number of morpholine rings is 1. The van der Waals surface area contributed by atoms with Gasteiger partial charge in [-0.1, -0.05) is 20.8 Å². The van der Waals surface area contributed by atoms with Crippen molar-refractivity contribution < 1.29 is 28.5 Å². The maximum atomic E-state index is 14.1. The average Bonchev–Trinajstić information content (AvgIpc) is 3.44. The van der Waals surface area contributed by atoms with Crippen molar-refractivity contribution in [3.05, 3.63) is 53.6 Å². The van der Waals surface area contributed by atoms with E-state index in [9.17, 15) is 9.59 Å². The molecule has 2 aliphatic rings. The predicted octanol–water partition coefficient (Wildman–Crippen LogP) is 3.99. The van der Waals surface area contributed by atoms with Gasteiger partial charge in [0.05, 0.1) is 46.3 Å². The quantitative estimate of drug-likeness (QED) is 0.397. The van der Waals surface area contributed by atoms with Crippen LogP contribution in [0.4, 0.5) is 0 Å². The number of methoxy groups -OCH3 is 3. The van der Waals surface area contributed by atoms with Gasteiger partial charge in [-0.05, 0) is 53.4 Å². The number of hydrazone groups is 1. The molecule has 10 heteroatoms. The summed E-state index contributed by atoms with van der Waals surface area (Å²) in [4.78, 5) is 31.5. The Kier molecular flexibility index (Phi) is 10.5. The SMILES string of the molecule is COc1ccc(C2=NN(C(=O)CN(CCN3CCOCC3)C(=O)CC(C)(C)C)C(c3cc(OC)ccc3OC)C2)cc1. The van der Waals surface area contributed by atoms with Gasteiger partial charge in [0.15, 0.2) is 0 Å². The summed E-state index contributed by atoms with van der Waals surface area (Å²) in [5.74, 6) is 1.74. The number of rotatable bonds is 11. The minimum Gasteiger partial charge on any atom is -0.497 e. The van der Waals surface area contributed by atoms with E-state index >= 15 is 0 Å². The molecule has 4 rings (SSSR count). The fraction of sp³-hybridized carbons (Fsp3) is 0.531. The van der Waals surface area contributed by atoms with Gasteiger partial charge in [0.25, 0.3) is 5.91 Å². The first-order chi connectivity index (χ1) is 20.1. The Bertz CT molecular complexity index is 1250. The molecule has 0 saturated carbocycles. The summed E-state index contributed by atoms with van der Waals surface area (Å²) < 4.78 is 22.0. The molecule has 0 spiro atoms. The fourth-order valence-corrected chi connectivity index (χ4v) is 5.22. The van der Waals surface area contributed by atoms with Gasteiger partial charge in [0, 0.05) is 44.6 Å². The lowest BCUT2D eigenvalue weighted by Gasteiger charge is -2.32. The molecule has 1 unspecified atom stereocenters.